The summed E-state index contributed by atoms with van der Waals surface area (Å²) in [6.07, 6.45) is 3.96. The highest BCUT2D eigenvalue weighted by molar-refractivity contribution is 7.17. The molecule has 124 valence electrons. The van der Waals surface area contributed by atoms with Crippen molar-refractivity contribution in [2.45, 2.75) is 0 Å². The molecule has 4 aromatic rings. The van der Waals surface area contributed by atoms with E-state index in [9.17, 15) is 0 Å². The van der Waals surface area contributed by atoms with Crippen molar-refractivity contribution in [3.8, 4) is 17.1 Å². The van der Waals surface area contributed by atoms with E-state index in [1.54, 1.807) is 11.6 Å². The fraction of sp³-hybridized carbons (Fsp3) is 0.0556. The first kappa shape index (κ1) is 15.8. The number of hydrogen-bond donors (Lipinski definition) is 0. The largest absolute Gasteiger partial charge is 0.497 e. The molecule has 0 bridgehead atoms. The number of halogens is 1. The molecular formula is C18H13ClN4OS. The van der Waals surface area contributed by atoms with E-state index in [4.69, 9.17) is 16.3 Å². The summed E-state index contributed by atoms with van der Waals surface area (Å²) in [5, 5.41) is 14.4. The van der Waals surface area contributed by atoms with E-state index >= 15 is 0 Å². The molecule has 0 radical (unpaired) electrons. The molecule has 0 N–H and O–H groups in total. The van der Waals surface area contributed by atoms with Crippen molar-refractivity contribution in [2.75, 3.05) is 7.11 Å². The minimum atomic E-state index is 0.625. The van der Waals surface area contributed by atoms with Crippen molar-refractivity contribution < 1.29 is 4.74 Å². The molecule has 4 rings (SSSR count). The summed E-state index contributed by atoms with van der Waals surface area (Å²) < 4.78 is 6.88. The second-order valence-electron chi connectivity index (χ2n) is 5.24. The molecule has 0 unspecified atom stereocenters. The molecule has 0 saturated heterocycles. The predicted octanol–water partition coefficient (Wildman–Crippen LogP) is 4.69. The number of methoxy groups -OCH3 is 1. The first-order valence-corrected chi connectivity index (χ1v) is 8.73. The van der Waals surface area contributed by atoms with Gasteiger partial charge in [0.2, 0.25) is 4.96 Å². The van der Waals surface area contributed by atoms with Crippen molar-refractivity contribution in [3.63, 3.8) is 0 Å². The summed E-state index contributed by atoms with van der Waals surface area (Å²) in [7, 11) is 1.65. The van der Waals surface area contributed by atoms with Crippen molar-refractivity contribution in [1.82, 2.24) is 19.8 Å². The maximum absolute atomic E-state index is 6.26. The van der Waals surface area contributed by atoms with Gasteiger partial charge in [0.1, 0.15) is 10.8 Å². The summed E-state index contributed by atoms with van der Waals surface area (Å²) in [6, 6.07) is 15.4. The average Bonchev–Trinajstić information content (AvgIpc) is 3.21. The van der Waals surface area contributed by atoms with E-state index < -0.39 is 0 Å². The van der Waals surface area contributed by atoms with E-state index in [-0.39, 0.29) is 0 Å². The van der Waals surface area contributed by atoms with Gasteiger partial charge in [0.05, 0.1) is 12.1 Å². The summed E-state index contributed by atoms with van der Waals surface area (Å²) >= 11 is 7.73. The lowest BCUT2D eigenvalue weighted by atomic mass is 10.2. The van der Waals surface area contributed by atoms with Gasteiger partial charge < -0.3 is 4.74 Å². The van der Waals surface area contributed by atoms with Gasteiger partial charge in [0, 0.05) is 5.56 Å². The van der Waals surface area contributed by atoms with Crippen LogP contribution in [0.25, 0.3) is 28.5 Å². The summed E-state index contributed by atoms with van der Waals surface area (Å²) in [5.41, 5.74) is 1.88. The first-order chi connectivity index (χ1) is 12.2. The van der Waals surface area contributed by atoms with Gasteiger partial charge in [-0.3, -0.25) is 0 Å². The third-order valence-corrected chi connectivity index (χ3v) is 4.85. The Kier molecular flexibility index (Phi) is 4.21. The SMILES string of the molecule is COc1ccc(/C=C\c2nn3c(-c4ccccc4Cl)nnc3s2)cc1. The third kappa shape index (κ3) is 3.14. The molecule has 2 heterocycles. The fourth-order valence-corrected chi connectivity index (χ4v) is 3.35. The van der Waals surface area contributed by atoms with Crippen LogP contribution in [0, 0.1) is 0 Å². The molecule has 0 fully saturated rings. The quantitative estimate of drug-likeness (QED) is 0.524. The van der Waals surface area contributed by atoms with Crippen molar-refractivity contribution in [2.24, 2.45) is 0 Å². The highest BCUT2D eigenvalue weighted by atomic mass is 35.5. The number of fused-ring (bicyclic) bond motifs is 1. The Bertz CT molecular complexity index is 1050. The van der Waals surface area contributed by atoms with E-state index in [0.717, 1.165) is 26.8 Å². The van der Waals surface area contributed by atoms with Crippen LogP contribution in [0.3, 0.4) is 0 Å². The van der Waals surface area contributed by atoms with Crippen LogP contribution < -0.4 is 4.74 Å². The van der Waals surface area contributed by atoms with Gasteiger partial charge >= 0.3 is 0 Å². The number of benzene rings is 2. The van der Waals surface area contributed by atoms with Crippen molar-refractivity contribution in [1.29, 1.82) is 0 Å². The van der Waals surface area contributed by atoms with E-state index in [1.165, 1.54) is 11.3 Å². The lowest BCUT2D eigenvalue weighted by molar-refractivity contribution is 0.415. The highest BCUT2D eigenvalue weighted by Crippen LogP contribution is 2.28. The smallest absolute Gasteiger partial charge is 0.235 e. The maximum atomic E-state index is 6.26. The Hall–Kier alpha value is -2.70. The number of nitrogens with zero attached hydrogens (tertiary/aromatic N) is 4. The predicted molar refractivity (Wildman–Crippen MR) is 101 cm³/mol. The van der Waals surface area contributed by atoms with Gasteiger partial charge in [-0.05, 0) is 35.9 Å². The molecule has 2 aromatic carbocycles. The van der Waals surface area contributed by atoms with E-state index in [0.29, 0.717) is 10.8 Å². The third-order valence-electron chi connectivity index (χ3n) is 3.66. The Morgan fingerprint density at radius 1 is 1.04 bits per heavy atom. The van der Waals surface area contributed by atoms with Gasteiger partial charge in [0.25, 0.3) is 0 Å². The molecule has 0 amide bonds. The van der Waals surface area contributed by atoms with Gasteiger partial charge in [0.15, 0.2) is 5.82 Å². The molecule has 0 aliphatic carbocycles. The number of hydrogen-bond acceptors (Lipinski definition) is 5. The van der Waals surface area contributed by atoms with Gasteiger partial charge in [-0.25, -0.2) is 0 Å². The Morgan fingerprint density at radius 2 is 1.84 bits per heavy atom. The number of aromatic nitrogens is 4. The molecule has 7 heteroatoms. The molecule has 25 heavy (non-hydrogen) atoms. The van der Waals surface area contributed by atoms with Crippen molar-refractivity contribution >= 4 is 40.1 Å². The summed E-state index contributed by atoms with van der Waals surface area (Å²) in [4.78, 5) is 0.726. The number of rotatable bonds is 4. The van der Waals surface area contributed by atoms with Gasteiger partial charge in [-0.15, -0.1) is 10.2 Å². The van der Waals surface area contributed by atoms with Crippen LogP contribution in [0.5, 0.6) is 5.75 Å². The Morgan fingerprint density at radius 3 is 2.60 bits per heavy atom. The highest BCUT2D eigenvalue weighted by Gasteiger charge is 2.14. The topological polar surface area (TPSA) is 52.3 Å². The van der Waals surface area contributed by atoms with Crippen LogP contribution in [0.15, 0.2) is 48.5 Å². The Labute approximate surface area is 153 Å². The zero-order valence-electron chi connectivity index (χ0n) is 13.3. The second kappa shape index (κ2) is 6.66. The van der Waals surface area contributed by atoms with Crippen LogP contribution in [-0.4, -0.2) is 26.9 Å². The molecular weight excluding hydrogens is 356 g/mol. The summed E-state index contributed by atoms with van der Waals surface area (Å²) in [6.45, 7) is 0. The molecule has 0 saturated carbocycles. The van der Waals surface area contributed by atoms with Gasteiger partial charge in [-0.2, -0.15) is 9.61 Å². The van der Waals surface area contributed by atoms with Crippen LogP contribution in [0.4, 0.5) is 0 Å². The number of ether oxygens (including phenoxy) is 1. The minimum Gasteiger partial charge on any atom is -0.497 e. The molecule has 2 aromatic heterocycles. The molecule has 5 nitrogen and oxygen atoms in total. The maximum Gasteiger partial charge on any atom is 0.235 e. The normalized spacial score (nSPS) is 11.4. The van der Waals surface area contributed by atoms with E-state index in [2.05, 4.69) is 15.3 Å². The molecule has 0 aliphatic heterocycles. The van der Waals surface area contributed by atoms with E-state index in [1.807, 2.05) is 60.7 Å². The monoisotopic (exact) mass is 368 g/mol. The molecule has 0 aliphatic rings. The molecule has 0 spiro atoms. The van der Waals surface area contributed by atoms with Crippen LogP contribution in [-0.2, 0) is 0 Å². The Balaban J connectivity index is 1.66. The lowest BCUT2D eigenvalue weighted by Gasteiger charge is -1.99. The van der Waals surface area contributed by atoms with Crippen LogP contribution >= 0.6 is 22.9 Å². The zero-order valence-corrected chi connectivity index (χ0v) is 14.8. The second-order valence-corrected chi connectivity index (χ2v) is 6.64. The van der Waals surface area contributed by atoms with Crippen LogP contribution in [0.2, 0.25) is 5.02 Å². The standard InChI is InChI=1S/C18H13ClN4OS/c1-24-13-9-6-12(7-10-13)8-11-16-22-23-17(20-21-18(23)25-16)14-4-2-3-5-15(14)19/h2-11H,1H3/b11-8-. The molecule has 0 atom stereocenters. The lowest BCUT2D eigenvalue weighted by Crippen LogP contribution is -1.91. The minimum absolute atomic E-state index is 0.625. The fourth-order valence-electron chi connectivity index (χ4n) is 2.39. The average molecular weight is 369 g/mol. The van der Waals surface area contributed by atoms with Crippen molar-refractivity contribution in [3.05, 3.63) is 64.1 Å². The van der Waals surface area contributed by atoms with Crippen LogP contribution in [0.1, 0.15) is 10.6 Å². The first-order valence-electron chi connectivity index (χ1n) is 7.54. The zero-order chi connectivity index (χ0) is 17.2. The summed E-state index contributed by atoms with van der Waals surface area (Å²) in [5.74, 6) is 1.47. The van der Waals surface area contributed by atoms with Gasteiger partial charge in [-0.1, -0.05) is 53.3 Å².